The van der Waals surface area contributed by atoms with Crippen molar-refractivity contribution >= 4 is 23.5 Å². The highest BCUT2D eigenvalue weighted by atomic mass is 35.5. The molecular weight excluding hydrogens is 190 g/mol. The van der Waals surface area contributed by atoms with Crippen LogP contribution in [0.4, 0.5) is 0 Å². The van der Waals surface area contributed by atoms with E-state index in [0.717, 1.165) is 15.8 Å². The maximum Gasteiger partial charge on any atom is 1.00 e. The normalized spacial score (nSPS) is 9.42. The highest BCUT2D eigenvalue weighted by molar-refractivity contribution is 7.80. The molecule has 0 fully saturated rings. The lowest BCUT2D eigenvalue weighted by atomic mass is 10.2. The molecule has 12 heavy (non-hydrogen) atoms. The van der Waals surface area contributed by atoms with Gasteiger partial charge in [-0.2, -0.15) is 0 Å². The van der Waals surface area contributed by atoms with Crippen LogP contribution < -0.4 is 12.4 Å². The fourth-order valence-electron chi connectivity index (χ4n) is 1.09. The monoisotopic (exact) mass is 197 g/mol. The quantitative estimate of drug-likeness (QED) is 0.570. The zero-order valence-electron chi connectivity index (χ0n) is 7.24. The molecule has 62 valence electrons. The minimum absolute atomic E-state index is 0. The Morgan fingerprint density at radius 1 is 1.17 bits per heavy atom. The Balaban J connectivity index is 0.000000720. The highest BCUT2D eigenvalue weighted by Gasteiger charge is 1.94. The minimum atomic E-state index is 0. The van der Waals surface area contributed by atoms with Crippen molar-refractivity contribution in [3.05, 3.63) is 36.5 Å². The van der Waals surface area contributed by atoms with Crippen molar-refractivity contribution in [1.29, 1.82) is 0 Å². The number of fused-ring (bicyclic) bond motifs is 1. The molecule has 0 radical (unpaired) electrons. The number of benzene rings is 1. The second kappa shape index (κ2) is 3.78. The summed E-state index contributed by atoms with van der Waals surface area (Å²) in [5, 5.41) is 1.14. The van der Waals surface area contributed by atoms with Crippen molar-refractivity contribution in [2.24, 2.45) is 0 Å². The fraction of sp³-hybridized carbons (Fsp3) is 0. The summed E-state index contributed by atoms with van der Waals surface area (Å²) in [4.78, 5) is 5.14. The van der Waals surface area contributed by atoms with Gasteiger partial charge in [-0.25, -0.2) is 0 Å². The lowest BCUT2D eigenvalue weighted by Crippen LogP contribution is -3.00. The Hall–Kier alpha value is -0.730. The van der Waals surface area contributed by atoms with Gasteiger partial charge in [0.25, 0.3) is 0 Å². The topological polar surface area (TPSA) is 12.9 Å². The van der Waals surface area contributed by atoms with Crippen LogP contribution in [0.2, 0.25) is 0 Å². The van der Waals surface area contributed by atoms with E-state index in [1.807, 2.05) is 30.3 Å². The largest absolute Gasteiger partial charge is 1.00 e. The molecule has 0 unspecified atom stereocenters. The fourth-order valence-corrected chi connectivity index (χ4v) is 1.36. The van der Waals surface area contributed by atoms with E-state index in [4.69, 9.17) is 0 Å². The van der Waals surface area contributed by atoms with Crippen molar-refractivity contribution in [1.82, 2.24) is 4.98 Å². The van der Waals surface area contributed by atoms with Crippen molar-refractivity contribution in [3.8, 4) is 0 Å². The number of hydrogen-bond donors (Lipinski definition) is 1. The van der Waals surface area contributed by atoms with Gasteiger partial charge in [0.15, 0.2) is 0 Å². The summed E-state index contributed by atoms with van der Waals surface area (Å²) in [6, 6.07) is 9.91. The number of pyridine rings is 1. The minimum Gasteiger partial charge on any atom is -1.00 e. The molecular formula is C9H8ClNS. The van der Waals surface area contributed by atoms with Crippen LogP contribution in [0.1, 0.15) is 1.43 Å². The molecule has 0 spiro atoms. The summed E-state index contributed by atoms with van der Waals surface area (Å²) in [5.41, 5.74) is 0.971. The summed E-state index contributed by atoms with van der Waals surface area (Å²) in [6.07, 6.45) is 1.78. The number of aromatic nitrogens is 1. The van der Waals surface area contributed by atoms with Gasteiger partial charge >= 0.3 is 1.43 Å². The number of hydrogen-bond acceptors (Lipinski definition) is 2. The highest BCUT2D eigenvalue weighted by Crippen LogP contribution is 2.18. The second-order valence-electron chi connectivity index (χ2n) is 2.35. The molecule has 0 amide bonds. The zero-order valence-corrected chi connectivity index (χ0v) is 7.89. The van der Waals surface area contributed by atoms with Gasteiger partial charge in [-0.3, -0.25) is 4.98 Å². The first-order valence-corrected chi connectivity index (χ1v) is 3.85. The molecule has 2 rings (SSSR count). The Kier molecular flexibility index (Phi) is 2.95. The van der Waals surface area contributed by atoms with Gasteiger partial charge in [0.05, 0.1) is 5.52 Å². The Morgan fingerprint density at radius 2 is 1.92 bits per heavy atom. The SMILES string of the molecule is Sc1cccc2cccnc12.[Cl-].[H+]. The summed E-state index contributed by atoms with van der Waals surface area (Å²) >= 11 is 4.29. The number of halogens is 1. The molecule has 0 atom stereocenters. The number of nitrogens with zero attached hydrogens (tertiary/aromatic N) is 1. The van der Waals surface area contributed by atoms with Crippen LogP contribution in [-0.4, -0.2) is 4.98 Å². The molecule has 0 bridgehead atoms. The summed E-state index contributed by atoms with van der Waals surface area (Å²) < 4.78 is 0. The average molecular weight is 198 g/mol. The maximum absolute atomic E-state index is 4.29. The third kappa shape index (κ3) is 1.54. The lowest BCUT2D eigenvalue weighted by Gasteiger charge is -1.97. The number of thiol groups is 1. The predicted molar refractivity (Wildman–Crippen MR) is 50.1 cm³/mol. The standard InChI is InChI=1S/C9H7NS.ClH/c11-8-5-1-3-7-4-2-6-10-9(7)8;/h1-6,11H;1H. The summed E-state index contributed by atoms with van der Waals surface area (Å²) in [7, 11) is 0. The van der Waals surface area contributed by atoms with Gasteiger partial charge in [0.2, 0.25) is 0 Å². The number of rotatable bonds is 0. The second-order valence-corrected chi connectivity index (χ2v) is 2.83. The van der Waals surface area contributed by atoms with E-state index >= 15 is 0 Å². The van der Waals surface area contributed by atoms with Gasteiger partial charge in [-0.05, 0) is 12.1 Å². The summed E-state index contributed by atoms with van der Waals surface area (Å²) in [5.74, 6) is 0. The first-order valence-electron chi connectivity index (χ1n) is 3.40. The Morgan fingerprint density at radius 3 is 2.67 bits per heavy atom. The van der Waals surface area contributed by atoms with Gasteiger partial charge in [0.1, 0.15) is 0 Å². The van der Waals surface area contributed by atoms with Gasteiger partial charge < -0.3 is 12.4 Å². The summed E-state index contributed by atoms with van der Waals surface area (Å²) in [6.45, 7) is 0. The first kappa shape index (κ1) is 9.36. The molecule has 0 aliphatic carbocycles. The molecule has 0 N–H and O–H groups in total. The molecule has 1 aromatic carbocycles. The van der Waals surface area contributed by atoms with Crippen molar-refractivity contribution in [3.63, 3.8) is 0 Å². The first-order chi connectivity index (χ1) is 5.38. The Bertz CT molecular complexity index is 389. The van der Waals surface area contributed by atoms with Crippen LogP contribution >= 0.6 is 12.6 Å². The van der Waals surface area contributed by atoms with Crippen LogP contribution in [0.5, 0.6) is 0 Å². The molecule has 1 nitrogen and oxygen atoms in total. The van der Waals surface area contributed by atoms with Crippen molar-refractivity contribution in [2.45, 2.75) is 4.90 Å². The van der Waals surface area contributed by atoms with E-state index in [1.165, 1.54) is 0 Å². The molecule has 0 saturated heterocycles. The Labute approximate surface area is 84.1 Å². The zero-order chi connectivity index (χ0) is 7.68. The van der Waals surface area contributed by atoms with Crippen LogP contribution in [0, 0.1) is 0 Å². The van der Waals surface area contributed by atoms with Crippen LogP contribution in [-0.2, 0) is 0 Å². The molecule has 2 aromatic rings. The van der Waals surface area contributed by atoms with Crippen LogP contribution in [0.3, 0.4) is 0 Å². The van der Waals surface area contributed by atoms with E-state index in [9.17, 15) is 0 Å². The van der Waals surface area contributed by atoms with Crippen molar-refractivity contribution in [2.75, 3.05) is 0 Å². The lowest BCUT2D eigenvalue weighted by molar-refractivity contribution is -0.00000212. The van der Waals surface area contributed by atoms with E-state index in [1.54, 1.807) is 6.20 Å². The molecule has 0 aliphatic heterocycles. The van der Waals surface area contributed by atoms with Crippen LogP contribution in [0.15, 0.2) is 41.4 Å². The van der Waals surface area contributed by atoms with Crippen LogP contribution in [0.25, 0.3) is 10.9 Å². The molecule has 1 heterocycles. The van der Waals surface area contributed by atoms with Gasteiger partial charge in [0, 0.05) is 16.5 Å². The van der Waals surface area contributed by atoms with E-state index in [2.05, 4.69) is 17.6 Å². The van der Waals surface area contributed by atoms with E-state index in [0.29, 0.717) is 0 Å². The maximum atomic E-state index is 4.29. The number of para-hydroxylation sites is 1. The molecule has 0 saturated carbocycles. The predicted octanol–water partition coefficient (Wildman–Crippen LogP) is -0.360. The smallest absolute Gasteiger partial charge is 1.00 e. The van der Waals surface area contributed by atoms with E-state index < -0.39 is 0 Å². The van der Waals surface area contributed by atoms with Crippen molar-refractivity contribution < 1.29 is 13.8 Å². The average Bonchev–Trinajstić information content (AvgIpc) is 2.06. The third-order valence-electron chi connectivity index (χ3n) is 1.61. The van der Waals surface area contributed by atoms with Gasteiger partial charge in [-0.15, -0.1) is 12.6 Å². The third-order valence-corrected chi connectivity index (χ3v) is 1.97. The van der Waals surface area contributed by atoms with E-state index in [-0.39, 0.29) is 13.8 Å². The molecule has 1 aromatic heterocycles. The molecule has 0 aliphatic rings. The van der Waals surface area contributed by atoms with Gasteiger partial charge in [-0.1, -0.05) is 18.2 Å². The molecule has 3 heteroatoms.